The van der Waals surface area contributed by atoms with Crippen LogP contribution in [0.2, 0.25) is 0 Å². The van der Waals surface area contributed by atoms with Crippen molar-refractivity contribution in [2.75, 3.05) is 25.0 Å². The second-order valence-electron chi connectivity index (χ2n) is 4.33. The maximum atomic E-state index is 12.3. The second-order valence-corrected chi connectivity index (χ2v) is 5.22. The number of nitrogens with zero attached hydrogens (tertiary/aromatic N) is 1. The van der Waals surface area contributed by atoms with E-state index in [4.69, 9.17) is 0 Å². The van der Waals surface area contributed by atoms with E-state index in [9.17, 15) is 4.79 Å². The van der Waals surface area contributed by atoms with E-state index in [1.54, 1.807) is 11.3 Å². The Morgan fingerprint density at radius 3 is 2.75 bits per heavy atom. The third-order valence-electron chi connectivity index (χ3n) is 3.16. The van der Waals surface area contributed by atoms with Crippen LogP contribution in [0.1, 0.15) is 18.4 Å². The molecule has 2 rings (SSSR count). The molecule has 1 N–H and O–H groups in total. The summed E-state index contributed by atoms with van der Waals surface area (Å²) in [6.07, 6.45) is 1.93. The van der Waals surface area contributed by atoms with Crippen molar-refractivity contribution in [1.82, 2.24) is 5.32 Å². The summed E-state index contributed by atoms with van der Waals surface area (Å²) in [4.78, 5) is 14.1. The first-order valence-corrected chi connectivity index (χ1v) is 6.60. The molecule has 0 aliphatic carbocycles. The molecule has 2 heterocycles. The Morgan fingerprint density at radius 2 is 2.19 bits per heavy atom. The Kier molecular flexibility index (Phi) is 3.61. The van der Waals surface area contributed by atoms with Gasteiger partial charge in [-0.2, -0.15) is 0 Å². The van der Waals surface area contributed by atoms with Crippen LogP contribution >= 0.6 is 11.3 Å². The van der Waals surface area contributed by atoms with E-state index in [1.807, 2.05) is 17.3 Å². The molecule has 1 amide bonds. The van der Waals surface area contributed by atoms with E-state index in [-0.39, 0.29) is 11.8 Å². The van der Waals surface area contributed by atoms with Gasteiger partial charge in [0.2, 0.25) is 5.91 Å². The number of rotatable bonds is 2. The molecule has 1 saturated heterocycles. The smallest absolute Gasteiger partial charge is 0.230 e. The molecule has 0 aromatic carbocycles. The zero-order valence-electron chi connectivity index (χ0n) is 9.82. The van der Waals surface area contributed by atoms with Crippen molar-refractivity contribution in [3.8, 4) is 0 Å². The topological polar surface area (TPSA) is 32.3 Å². The number of amides is 1. The van der Waals surface area contributed by atoms with Gasteiger partial charge in [0.1, 0.15) is 5.00 Å². The fourth-order valence-electron chi connectivity index (χ4n) is 2.15. The van der Waals surface area contributed by atoms with Crippen LogP contribution in [0.15, 0.2) is 11.4 Å². The highest BCUT2D eigenvalue weighted by Crippen LogP contribution is 2.28. The lowest BCUT2D eigenvalue weighted by Crippen LogP contribution is -2.39. The van der Waals surface area contributed by atoms with Crippen molar-refractivity contribution >= 4 is 22.2 Å². The Bertz CT molecular complexity index is 369. The fourth-order valence-corrected chi connectivity index (χ4v) is 3.05. The summed E-state index contributed by atoms with van der Waals surface area (Å²) in [6.45, 7) is 3.99. The normalized spacial score (nSPS) is 17.4. The van der Waals surface area contributed by atoms with Gasteiger partial charge in [0.25, 0.3) is 0 Å². The maximum Gasteiger partial charge on any atom is 0.230 e. The monoisotopic (exact) mass is 238 g/mol. The molecule has 1 aliphatic heterocycles. The van der Waals surface area contributed by atoms with Crippen LogP contribution in [-0.4, -0.2) is 26.0 Å². The van der Waals surface area contributed by atoms with E-state index in [2.05, 4.69) is 18.3 Å². The first-order chi connectivity index (χ1) is 7.70. The number of anilines is 1. The van der Waals surface area contributed by atoms with Gasteiger partial charge in [-0.15, -0.1) is 11.3 Å². The Balaban J connectivity index is 2.06. The SMILES string of the molecule is Cc1ccsc1N(C)C(=O)C1CCNCC1. The van der Waals surface area contributed by atoms with Gasteiger partial charge in [-0.3, -0.25) is 4.79 Å². The Labute approximate surface area is 100 Å². The fraction of sp³-hybridized carbons (Fsp3) is 0.583. The maximum absolute atomic E-state index is 12.3. The first kappa shape index (κ1) is 11.6. The minimum absolute atomic E-state index is 0.202. The number of thiophene rings is 1. The second kappa shape index (κ2) is 4.97. The van der Waals surface area contributed by atoms with Crippen LogP contribution in [0, 0.1) is 12.8 Å². The van der Waals surface area contributed by atoms with Crippen LogP contribution in [0.4, 0.5) is 5.00 Å². The molecule has 0 unspecified atom stereocenters. The number of carbonyl (C=O) groups excluding carboxylic acids is 1. The van der Waals surface area contributed by atoms with E-state index < -0.39 is 0 Å². The lowest BCUT2D eigenvalue weighted by molar-refractivity contribution is -0.122. The summed E-state index contributed by atoms with van der Waals surface area (Å²) in [5, 5.41) is 6.41. The van der Waals surface area contributed by atoms with Crippen LogP contribution in [0.5, 0.6) is 0 Å². The van der Waals surface area contributed by atoms with Crippen LogP contribution in [0.25, 0.3) is 0 Å². The molecule has 3 nitrogen and oxygen atoms in total. The van der Waals surface area contributed by atoms with Gasteiger partial charge in [0, 0.05) is 13.0 Å². The van der Waals surface area contributed by atoms with Gasteiger partial charge in [0.05, 0.1) is 0 Å². The predicted molar refractivity (Wildman–Crippen MR) is 68.1 cm³/mol. The highest BCUT2D eigenvalue weighted by Gasteiger charge is 2.25. The average Bonchev–Trinajstić information content (AvgIpc) is 2.75. The standard InChI is InChI=1S/C12H18N2OS/c1-9-5-8-16-12(9)14(2)11(15)10-3-6-13-7-4-10/h5,8,10,13H,3-4,6-7H2,1-2H3. The number of hydrogen-bond donors (Lipinski definition) is 1. The Morgan fingerprint density at radius 1 is 1.50 bits per heavy atom. The zero-order chi connectivity index (χ0) is 11.5. The minimum atomic E-state index is 0.202. The number of carbonyl (C=O) groups is 1. The molecule has 0 bridgehead atoms. The summed E-state index contributed by atoms with van der Waals surface area (Å²) in [5.74, 6) is 0.472. The van der Waals surface area contributed by atoms with Crippen LogP contribution < -0.4 is 10.2 Å². The third kappa shape index (κ3) is 2.28. The highest BCUT2D eigenvalue weighted by atomic mass is 32.1. The number of piperidine rings is 1. The van der Waals surface area contributed by atoms with E-state index in [0.29, 0.717) is 0 Å². The highest BCUT2D eigenvalue weighted by molar-refractivity contribution is 7.14. The van der Waals surface area contributed by atoms with Gasteiger partial charge in [-0.25, -0.2) is 0 Å². The zero-order valence-corrected chi connectivity index (χ0v) is 10.6. The molecule has 0 spiro atoms. The number of nitrogens with one attached hydrogen (secondary N) is 1. The summed E-state index contributed by atoms with van der Waals surface area (Å²) >= 11 is 1.64. The molecule has 16 heavy (non-hydrogen) atoms. The molecule has 0 radical (unpaired) electrons. The molecule has 1 aromatic heterocycles. The lowest BCUT2D eigenvalue weighted by atomic mass is 9.97. The predicted octanol–water partition coefficient (Wildman–Crippen LogP) is 2.02. The van der Waals surface area contributed by atoms with Crippen LogP contribution in [0.3, 0.4) is 0 Å². The van der Waals surface area contributed by atoms with Gasteiger partial charge in [0.15, 0.2) is 0 Å². The third-order valence-corrected chi connectivity index (χ3v) is 4.25. The molecular formula is C12H18N2OS. The van der Waals surface area contributed by atoms with E-state index in [0.717, 1.165) is 30.9 Å². The lowest BCUT2D eigenvalue weighted by Gasteiger charge is -2.26. The van der Waals surface area contributed by atoms with E-state index >= 15 is 0 Å². The Hall–Kier alpha value is -0.870. The van der Waals surface area contributed by atoms with Crippen molar-refractivity contribution in [2.45, 2.75) is 19.8 Å². The number of hydrogen-bond acceptors (Lipinski definition) is 3. The largest absolute Gasteiger partial charge is 0.317 e. The summed E-state index contributed by atoms with van der Waals surface area (Å²) in [6, 6.07) is 2.06. The first-order valence-electron chi connectivity index (χ1n) is 5.72. The van der Waals surface area contributed by atoms with Crippen molar-refractivity contribution < 1.29 is 4.79 Å². The number of aryl methyl sites for hydroxylation is 1. The molecule has 1 fully saturated rings. The molecule has 0 atom stereocenters. The molecular weight excluding hydrogens is 220 g/mol. The van der Waals surface area contributed by atoms with Gasteiger partial charge >= 0.3 is 0 Å². The van der Waals surface area contributed by atoms with Crippen molar-refractivity contribution in [3.63, 3.8) is 0 Å². The van der Waals surface area contributed by atoms with Gasteiger partial charge in [-0.1, -0.05) is 0 Å². The molecule has 1 aromatic rings. The molecule has 0 saturated carbocycles. The van der Waals surface area contributed by atoms with Crippen LogP contribution in [-0.2, 0) is 4.79 Å². The van der Waals surface area contributed by atoms with Gasteiger partial charge < -0.3 is 10.2 Å². The molecule has 1 aliphatic rings. The van der Waals surface area contributed by atoms with Crippen molar-refractivity contribution in [1.29, 1.82) is 0 Å². The minimum Gasteiger partial charge on any atom is -0.317 e. The van der Waals surface area contributed by atoms with Crippen molar-refractivity contribution in [3.05, 3.63) is 17.0 Å². The quantitative estimate of drug-likeness (QED) is 0.855. The molecule has 4 heteroatoms. The van der Waals surface area contributed by atoms with E-state index in [1.165, 1.54) is 5.56 Å². The van der Waals surface area contributed by atoms with Gasteiger partial charge in [-0.05, 0) is 49.9 Å². The summed E-state index contributed by atoms with van der Waals surface area (Å²) in [5.41, 5.74) is 1.19. The average molecular weight is 238 g/mol. The molecule has 88 valence electrons. The van der Waals surface area contributed by atoms with Crippen molar-refractivity contribution in [2.24, 2.45) is 5.92 Å². The summed E-state index contributed by atoms with van der Waals surface area (Å²) in [7, 11) is 1.89. The summed E-state index contributed by atoms with van der Waals surface area (Å²) < 4.78 is 0.